The molecule has 17 heavy (non-hydrogen) atoms. The van der Waals surface area contributed by atoms with Gasteiger partial charge < -0.3 is 5.32 Å². The fourth-order valence-electron chi connectivity index (χ4n) is 1.75. The van der Waals surface area contributed by atoms with Crippen molar-refractivity contribution in [3.63, 3.8) is 0 Å². The Hall–Kier alpha value is -1.10. The van der Waals surface area contributed by atoms with E-state index >= 15 is 0 Å². The number of nitrogens with one attached hydrogen (secondary N) is 1. The highest BCUT2D eigenvalue weighted by Gasteiger charge is 2.49. The second kappa shape index (κ2) is 5.04. The number of aryl methyl sites for hydroxylation is 2. The number of benzene rings is 1. The van der Waals surface area contributed by atoms with Crippen LogP contribution >= 0.6 is 0 Å². The molecule has 96 valence electrons. The molecule has 1 aromatic carbocycles. The second-order valence-corrected chi connectivity index (χ2v) is 4.06. The first-order valence-electron chi connectivity index (χ1n) is 5.21. The predicted octanol–water partition coefficient (Wildman–Crippen LogP) is 3.46. The molecule has 0 radical (unpaired) electrons. The van der Waals surface area contributed by atoms with Crippen molar-refractivity contribution < 1.29 is 17.6 Å². The van der Waals surface area contributed by atoms with E-state index in [1.807, 2.05) is 0 Å². The van der Waals surface area contributed by atoms with Crippen LogP contribution in [-0.4, -0.2) is 19.4 Å². The number of alkyl halides is 4. The van der Waals surface area contributed by atoms with Gasteiger partial charge in [0, 0.05) is 0 Å². The summed E-state index contributed by atoms with van der Waals surface area (Å²) in [6.07, 6.45) is -3.69. The first-order valence-corrected chi connectivity index (χ1v) is 5.21. The first-order chi connectivity index (χ1) is 7.80. The van der Waals surface area contributed by atoms with Gasteiger partial charge in [0.25, 0.3) is 0 Å². The summed E-state index contributed by atoms with van der Waals surface area (Å²) in [4.78, 5) is 0. The van der Waals surface area contributed by atoms with Crippen molar-refractivity contribution in [2.75, 3.05) is 7.05 Å². The highest BCUT2D eigenvalue weighted by molar-refractivity contribution is 5.34. The molecule has 0 amide bonds. The van der Waals surface area contributed by atoms with Crippen molar-refractivity contribution in [1.82, 2.24) is 5.32 Å². The largest absolute Gasteiger partial charge is 0.326 e. The Balaban J connectivity index is 3.22. The average molecular weight is 249 g/mol. The first kappa shape index (κ1) is 14.0. The minimum absolute atomic E-state index is 0.206. The monoisotopic (exact) mass is 249 g/mol. The fourth-order valence-corrected chi connectivity index (χ4v) is 1.75. The van der Waals surface area contributed by atoms with E-state index in [-0.39, 0.29) is 5.56 Å². The zero-order valence-corrected chi connectivity index (χ0v) is 9.90. The Kier molecular flexibility index (Phi) is 4.14. The van der Waals surface area contributed by atoms with E-state index in [4.69, 9.17) is 0 Å². The van der Waals surface area contributed by atoms with Crippen molar-refractivity contribution >= 4 is 0 Å². The molecule has 1 rings (SSSR count). The molecule has 0 aliphatic carbocycles. The Morgan fingerprint density at radius 3 is 2.24 bits per heavy atom. The molecule has 0 saturated heterocycles. The number of hydrogen-bond acceptors (Lipinski definition) is 1. The maximum Gasteiger partial charge on any atom is 0.326 e. The SMILES string of the molecule is CNC(c1cc(C)ccc1C)C(F)(F)C(F)F. The third-order valence-corrected chi connectivity index (χ3v) is 2.71. The van der Waals surface area contributed by atoms with Gasteiger partial charge in [0.15, 0.2) is 0 Å². The van der Waals surface area contributed by atoms with Gasteiger partial charge in [-0.05, 0) is 32.0 Å². The maximum atomic E-state index is 13.4. The smallest absolute Gasteiger partial charge is 0.308 e. The molecule has 0 saturated carbocycles. The second-order valence-electron chi connectivity index (χ2n) is 4.06. The molecule has 0 spiro atoms. The van der Waals surface area contributed by atoms with E-state index in [9.17, 15) is 17.6 Å². The van der Waals surface area contributed by atoms with Crippen LogP contribution in [0.2, 0.25) is 0 Å². The zero-order chi connectivity index (χ0) is 13.2. The lowest BCUT2D eigenvalue weighted by molar-refractivity contribution is -0.150. The van der Waals surface area contributed by atoms with Gasteiger partial charge in [0.2, 0.25) is 0 Å². The normalized spacial score (nSPS) is 14.1. The van der Waals surface area contributed by atoms with Crippen LogP contribution in [0.25, 0.3) is 0 Å². The average Bonchev–Trinajstić information content (AvgIpc) is 2.23. The van der Waals surface area contributed by atoms with Gasteiger partial charge in [-0.25, -0.2) is 8.78 Å². The van der Waals surface area contributed by atoms with Crippen LogP contribution in [0.4, 0.5) is 17.6 Å². The molecule has 1 atom stereocenters. The molecule has 5 heteroatoms. The number of rotatable bonds is 4. The van der Waals surface area contributed by atoms with Crippen molar-refractivity contribution in [3.8, 4) is 0 Å². The fraction of sp³-hybridized carbons (Fsp3) is 0.500. The van der Waals surface area contributed by atoms with Crippen molar-refractivity contribution in [2.45, 2.75) is 32.2 Å². The Bertz CT molecular complexity index is 390. The molecule has 0 fully saturated rings. The van der Waals surface area contributed by atoms with Gasteiger partial charge in [-0.15, -0.1) is 0 Å². The van der Waals surface area contributed by atoms with Crippen LogP contribution in [0, 0.1) is 13.8 Å². The van der Waals surface area contributed by atoms with Crippen LogP contribution in [0.15, 0.2) is 18.2 Å². The molecular weight excluding hydrogens is 234 g/mol. The van der Waals surface area contributed by atoms with Crippen LogP contribution in [0.3, 0.4) is 0 Å². The molecule has 0 aliphatic heterocycles. The van der Waals surface area contributed by atoms with E-state index in [2.05, 4.69) is 5.32 Å². The molecule has 0 aromatic heterocycles. The summed E-state index contributed by atoms with van der Waals surface area (Å²) in [5.41, 5.74) is 1.53. The van der Waals surface area contributed by atoms with Crippen LogP contribution in [0.1, 0.15) is 22.7 Å². The Morgan fingerprint density at radius 2 is 1.76 bits per heavy atom. The third-order valence-electron chi connectivity index (χ3n) is 2.71. The molecular formula is C12H15F4N. The summed E-state index contributed by atoms with van der Waals surface area (Å²) in [5.74, 6) is -4.09. The quantitative estimate of drug-likeness (QED) is 0.806. The molecule has 1 N–H and O–H groups in total. The minimum atomic E-state index is -4.09. The maximum absolute atomic E-state index is 13.4. The van der Waals surface area contributed by atoms with E-state index < -0.39 is 18.4 Å². The van der Waals surface area contributed by atoms with Crippen LogP contribution in [-0.2, 0) is 0 Å². The van der Waals surface area contributed by atoms with Gasteiger partial charge in [-0.3, -0.25) is 0 Å². The summed E-state index contributed by atoms with van der Waals surface area (Å²) in [6, 6.07) is 3.23. The molecule has 0 bridgehead atoms. The highest BCUT2D eigenvalue weighted by Crippen LogP contribution is 2.37. The predicted molar refractivity (Wildman–Crippen MR) is 58.7 cm³/mol. The lowest BCUT2D eigenvalue weighted by Gasteiger charge is -2.27. The summed E-state index contributed by atoms with van der Waals surface area (Å²) in [7, 11) is 1.25. The lowest BCUT2D eigenvalue weighted by atomic mass is 9.95. The van der Waals surface area contributed by atoms with E-state index in [1.54, 1.807) is 26.0 Å². The minimum Gasteiger partial charge on any atom is -0.308 e. The molecule has 1 unspecified atom stereocenters. The summed E-state index contributed by atoms with van der Waals surface area (Å²) in [5, 5.41) is 2.28. The van der Waals surface area contributed by atoms with Gasteiger partial charge >= 0.3 is 12.3 Å². The topological polar surface area (TPSA) is 12.0 Å². The summed E-state index contributed by atoms with van der Waals surface area (Å²) < 4.78 is 51.5. The van der Waals surface area contributed by atoms with E-state index in [0.717, 1.165) is 5.56 Å². The van der Waals surface area contributed by atoms with E-state index in [0.29, 0.717) is 5.56 Å². The van der Waals surface area contributed by atoms with Crippen molar-refractivity contribution in [2.24, 2.45) is 0 Å². The zero-order valence-electron chi connectivity index (χ0n) is 9.90. The Morgan fingerprint density at radius 1 is 1.18 bits per heavy atom. The van der Waals surface area contributed by atoms with Crippen LogP contribution < -0.4 is 5.32 Å². The lowest BCUT2D eigenvalue weighted by Crippen LogP contribution is -2.41. The van der Waals surface area contributed by atoms with E-state index in [1.165, 1.54) is 13.1 Å². The summed E-state index contributed by atoms with van der Waals surface area (Å²) in [6.45, 7) is 3.36. The summed E-state index contributed by atoms with van der Waals surface area (Å²) >= 11 is 0. The molecule has 1 aromatic rings. The highest BCUT2D eigenvalue weighted by atomic mass is 19.3. The van der Waals surface area contributed by atoms with Gasteiger partial charge in [0.1, 0.15) is 6.04 Å². The van der Waals surface area contributed by atoms with Gasteiger partial charge in [-0.1, -0.05) is 23.8 Å². The van der Waals surface area contributed by atoms with Gasteiger partial charge in [0.05, 0.1) is 0 Å². The van der Waals surface area contributed by atoms with Crippen LogP contribution in [0.5, 0.6) is 0 Å². The Labute approximate surface area is 97.8 Å². The standard InChI is InChI=1S/C12H15F4N/c1-7-4-5-8(2)9(6-7)10(17-3)12(15,16)11(13)14/h4-6,10-11,17H,1-3H3. The van der Waals surface area contributed by atoms with Crippen molar-refractivity contribution in [3.05, 3.63) is 34.9 Å². The number of halogens is 4. The molecule has 1 nitrogen and oxygen atoms in total. The van der Waals surface area contributed by atoms with Crippen molar-refractivity contribution in [1.29, 1.82) is 0 Å². The number of hydrogen-bond donors (Lipinski definition) is 1. The van der Waals surface area contributed by atoms with Gasteiger partial charge in [-0.2, -0.15) is 8.78 Å². The third kappa shape index (κ3) is 2.77. The molecule has 0 aliphatic rings. The molecule has 0 heterocycles.